The summed E-state index contributed by atoms with van der Waals surface area (Å²) in [5, 5.41) is 19.9. The molecule has 4 heteroatoms. The Morgan fingerprint density at radius 1 is 1.30 bits per heavy atom. The Balaban J connectivity index is 1.82. The first-order valence-corrected chi connectivity index (χ1v) is 8.76. The number of aryl methyl sites for hydroxylation is 1. The number of aliphatic hydroxyl groups is 1. The molecule has 1 aromatic rings. The predicted molar refractivity (Wildman–Crippen MR) is 91.4 cm³/mol. The molecule has 0 unspecified atom stereocenters. The third-order valence-electron chi connectivity index (χ3n) is 5.02. The van der Waals surface area contributed by atoms with Crippen molar-refractivity contribution < 1.29 is 15.0 Å². The van der Waals surface area contributed by atoms with Crippen molar-refractivity contribution in [2.45, 2.75) is 51.6 Å². The topological polar surface area (TPSA) is 60.8 Å². The summed E-state index contributed by atoms with van der Waals surface area (Å²) in [6.45, 7) is 4.17. The van der Waals surface area contributed by atoms with Crippen LogP contribution in [0.1, 0.15) is 44.6 Å². The van der Waals surface area contributed by atoms with Gasteiger partial charge >= 0.3 is 5.97 Å². The molecular formula is C19H29NO3. The van der Waals surface area contributed by atoms with Crippen molar-refractivity contribution in [1.82, 2.24) is 4.90 Å². The Morgan fingerprint density at radius 2 is 2.04 bits per heavy atom. The largest absolute Gasteiger partial charge is 0.481 e. The summed E-state index contributed by atoms with van der Waals surface area (Å²) in [7, 11) is 0. The number of carboxylic acids is 1. The van der Waals surface area contributed by atoms with E-state index >= 15 is 0 Å². The average Bonchev–Trinajstić information content (AvgIpc) is 2.55. The van der Waals surface area contributed by atoms with Crippen LogP contribution in [0.2, 0.25) is 0 Å². The smallest absolute Gasteiger partial charge is 0.313 e. The fourth-order valence-electron chi connectivity index (χ4n) is 3.67. The second-order valence-corrected chi connectivity index (χ2v) is 6.73. The van der Waals surface area contributed by atoms with Crippen LogP contribution in [0.3, 0.4) is 0 Å². The first-order chi connectivity index (χ1) is 11.1. The second kappa shape index (κ2) is 8.46. The van der Waals surface area contributed by atoms with Crippen molar-refractivity contribution in [3.8, 4) is 0 Å². The highest BCUT2D eigenvalue weighted by Gasteiger charge is 2.48. The van der Waals surface area contributed by atoms with Gasteiger partial charge in [-0.2, -0.15) is 0 Å². The fourth-order valence-corrected chi connectivity index (χ4v) is 3.67. The molecule has 2 atom stereocenters. The lowest BCUT2D eigenvalue weighted by molar-refractivity contribution is -0.164. The van der Waals surface area contributed by atoms with Crippen molar-refractivity contribution in [1.29, 1.82) is 0 Å². The number of rotatable bonds is 8. The maximum Gasteiger partial charge on any atom is 0.313 e. The van der Waals surface area contributed by atoms with Gasteiger partial charge in [0.1, 0.15) is 5.41 Å². The van der Waals surface area contributed by atoms with Crippen LogP contribution in [-0.2, 0) is 11.2 Å². The quantitative estimate of drug-likeness (QED) is 0.723. The van der Waals surface area contributed by atoms with Gasteiger partial charge in [0.05, 0.1) is 6.10 Å². The average molecular weight is 319 g/mol. The van der Waals surface area contributed by atoms with Gasteiger partial charge in [0.15, 0.2) is 0 Å². The summed E-state index contributed by atoms with van der Waals surface area (Å²) in [6, 6.07) is 10.4. The first-order valence-electron chi connectivity index (χ1n) is 8.76. The maximum atomic E-state index is 11.8. The monoisotopic (exact) mass is 319 g/mol. The molecule has 0 bridgehead atoms. The number of piperidine rings is 1. The van der Waals surface area contributed by atoms with Crippen LogP contribution in [0.15, 0.2) is 30.3 Å². The molecule has 1 aliphatic rings. The van der Waals surface area contributed by atoms with E-state index in [0.717, 1.165) is 38.8 Å². The molecule has 2 rings (SSSR count). The Hall–Kier alpha value is -1.39. The number of hydrogen-bond donors (Lipinski definition) is 2. The number of likely N-dealkylation sites (tertiary alicyclic amines) is 1. The standard InChI is InChI=1S/C19H29NO3/c1-2-12-19(18(22)23)15-20(14-11-17(19)21)13-7-6-10-16-8-4-3-5-9-16/h3-5,8-9,17,21H,2,6-7,10-15H2,1H3,(H,22,23)/t17-,19+/m1/s1. The number of aliphatic carboxylic acids is 1. The zero-order chi connectivity index (χ0) is 16.7. The van der Waals surface area contributed by atoms with Crippen LogP contribution in [0, 0.1) is 5.41 Å². The minimum absolute atomic E-state index is 0.475. The van der Waals surface area contributed by atoms with E-state index in [1.165, 1.54) is 5.56 Å². The van der Waals surface area contributed by atoms with Gasteiger partial charge in [-0.25, -0.2) is 0 Å². The lowest BCUT2D eigenvalue weighted by Crippen LogP contribution is -2.56. The molecule has 4 nitrogen and oxygen atoms in total. The van der Waals surface area contributed by atoms with E-state index in [1.54, 1.807) is 0 Å². The Morgan fingerprint density at radius 3 is 2.70 bits per heavy atom. The Bertz CT molecular complexity index is 491. The van der Waals surface area contributed by atoms with E-state index in [1.807, 2.05) is 13.0 Å². The van der Waals surface area contributed by atoms with Crippen molar-refractivity contribution in [2.75, 3.05) is 19.6 Å². The van der Waals surface area contributed by atoms with Crippen LogP contribution >= 0.6 is 0 Å². The van der Waals surface area contributed by atoms with Crippen LogP contribution < -0.4 is 0 Å². The number of aliphatic hydroxyl groups excluding tert-OH is 1. The minimum atomic E-state index is -0.980. The molecule has 1 aromatic carbocycles. The van der Waals surface area contributed by atoms with Crippen LogP contribution in [0.25, 0.3) is 0 Å². The summed E-state index contributed by atoms with van der Waals surface area (Å²) in [5.74, 6) is -0.846. The zero-order valence-electron chi connectivity index (χ0n) is 14.1. The molecule has 0 amide bonds. The van der Waals surface area contributed by atoms with Gasteiger partial charge in [-0.05, 0) is 44.2 Å². The number of carbonyl (C=O) groups is 1. The van der Waals surface area contributed by atoms with Crippen molar-refractivity contribution in [3.05, 3.63) is 35.9 Å². The van der Waals surface area contributed by atoms with Gasteiger partial charge in [-0.1, -0.05) is 43.7 Å². The van der Waals surface area contributed by atoms with Crippen molar-refractivity contribution >= 4 is 5.97 Å². The minimum Gasteiger partial charge on any atom is -0.481 e. The van der Waals surface area contributed by atoms with E-state index in [-0.39, 0.29) is 0 Å². The number of benzene rings is 1. The normalized spacial score (nSPS) is 25.4. The SMILES string of the molecule is CCC[C@]1(C(=O)O)CN(CCCCc2ccccc2)CC[C@H]1O. The summed E-state index contributed by atoms with van der Waals surface area (Å²) < 4.78 is 0. The molecule has 0 aromatic heterocycles. The molecule has 1 heterocycles. The summed E-state index contributed by atoms with van der Waals surface area (Å²) in [6.07, 6.45) is 4.40. The lowest BCUT2D eigenvalue weighted by atomic mass is 9.74. The molecule has 0 saturated carbocycles. The highest BCUT2D eigenvalue weighted by Crippen LogP contribution is 2.35. The molecule has 1 fully saturated rings. The number of hydrogen-bond acceptors (Lipinski definition) is 3. The van der Waals surface area contributed by atoms with E-state index in [9.17, 15) is 15.0 Å². The molecule has 0 radical (unpaired) electrons. The third-order valence-corrected chi connectivity index (χ3v) is 5.02. The highest BCUT2D eigenvalue weighted by atomic mass is 16.4. The molecule has 0 spiro atoms. The summed E-state index contributed by atoms with van der Waals surface area (Å²) in [4.78, 5) is 14.0. The van der Waals surface area contributed by atoms with E-state index in [2.05, 4.69) is 29.2 Å². The molecule has 0 aliphatic carbocycles. The predicted octanol–water partition coefficient (Wildman–Crippen LogP) is 2.95. The van der Waals surface area contributed by atoms with Gasteiger partial charge in [0.2, 0.25) is 0 Å². The number of carboxylic acid groups (broad SMARTS) is 1. The van der Waals surface area contributed by atoms with Gasteiger partial charge < -0.3 is 15.1 Å². The van der Waals surface area contributed by atoms with E-state index < -0.39 is 17.5 Å². The van der Waals surface area contributed by atoms with Crippen molar-refractivity contribution in [3.63, 3.8) is 0 Å². The van der Waals surface area contributed by atoms with Crippen molar-refractivity contribution in [2.24, 2.45) is 5.41 Å². The fraction of sp³-hybridized carbons (Fsp3) is 0.632. The number of unbranched alkanes of at least 4 members (excludes halogenated alkanes) is 1. The molecular weight excluding hydrogens is 290 g/mol. The van der Waals surface area contributed by atoms with Gasteiger partial charge in [-0.15, -0.1) is 0 Å². The lowest BCUT2D eigenvalue weighted by Gasteiger charge is -2.43. The van der Waals surface area contributed by atoms with Crippen LogP contribution in [-0.4, -0.2) is 46.8 Å². The van der Waals surface area contributed by atoms with Gasteiger partial charge in [-0.3, -0.25) is 4.79 Å². The molecule has 128 valence electrons. The Kier molecular flexibility index (Phi) is 6.60. The zero-order valence-corrected chi connectivity index (χ0v) is 14.1. The number of nitrogens with zero attached hydrogens (tertiary/aromatic N) is 1. The van der Waals surface area contributed by atoms with Gasteiger partial charge in [0, 0.05) is 13.1 Å². The Labute approximate surface area is 139 Å². The third kappa shape index (κ3) is 4.55. The molecule has 23 heavy (non-hydrogen) atoms. The molecule has 1 aliphatic heterocycles. The van der Waals surface area contributed by atoms with Crippen LogP contribution in [0.5, 0.6) is 0 Å². The maximum absolute atomic E-state index is 11.8. The first kappa shape index (κ1) is 18.0. The summed E-state index contributed by atoms with van der Waals surface area (Å²) >= 11 is 0. The van der Waals surface area contributed by atoms with E-state index in [4.69, 9.17) is 0 Å². The second-order valence-electron chi connectivity index (χ2n) is 6.73. The van der Waals surface area contributed by atoms with Gasteiger partial charge in [0.25, 0.3) is 0 Å². The molecule has 2 N–H and O–H groups in total. The highest BCUT2D eigenvalue weighted by molar-refractivity contribution is 5.76. The van der Waals surface area contributed by atoms with E-state index in [0.29, 0.717) is 19.4 Å². The summed E-state index contributed by atoms with van der Waals surface area (Å²) in [5.41, 5.74) is 0.374. The van der Waals surface area contributed by atoms with Crippen LogP contribution in [0.4, 0.5) is 0 Å². The molecule has 1 saturated heterocycles.